The molecule has 0 saturated carbocycles. The van der Waals surface area contributed by atoms with Gasteiger partial charge in [-0.25, -0.2) is 0 Å². The van der Waals surface area contributed by atoms with Crippen molar-refractivity contribution in [3.8, 4) is 6.07 Å². The molecule has 1 atom stereocenters. The first-order chi connectivity index (χ1) is 11.1. The summed E-state index contributed by atoms with van der Waals surface area (Å²) in [6, 6.07) is 8.29. The van der Waals surface area contributed by atoms with Crippen LogP contribution in [0, 0.1) is 17.2 Å². The Morgan fingerprint density at radius 1 is 1.17 bits per heavy atom. The summed E-state index contributed by atoms with van der Waals surface area (Å²) in [4.78, 5) is 0. The Bertz CT molecular complexity index is 642. The lowest BCUT2D eigenvalue weighted by molar-refractivity contribution is 0.518. The summed E-state index contributed by atoms with van der Waals surface area (Å²) in [6.07, 6.45) is 12.2. The summed E-state index contributed by atoms with van der Waals surface area (Å²) in [5.74, 6) is 0.585. The van der Waals surface area contributed by atoms with E-state index in [-0.39, 0.29) is 0 Å². The van der Waals surface area contributed by atoms with Gasteiger partial charge < -0.3 is 0 Å². The number of allylic oxidation sites excluding steroid dienone is 3. The first-order valence-corrected chi connectivity index (χ1v) is 8.66. The molecule has 1 aromatic rings. The van der Waals surface area contributed by atoms with E-state index in [9.17, 15) is 5.26 Å². The molecule has 1 unspecified atom stereocenters. The Kier molecular flexibility index (Phi) is 6.41. The van der Waals surface area contributed by atoms with Gasteiger partial charge in [0, 0.05) is 5.56 Å². The third-order valence-electron chi connectivity index (χ3n) is 4.59. The van der Waals surface area contributed by atoms with Crippen LogP contribution >= 0.6 is 0 Å². The second-order valence-electron chi connectivity index (χ2n) is 6.73. The maximum Gasteiger partial charge on any atom is 0.0998 e. The smallest absolute Gasteiger partial charge is 0.0998 e. The molecule has 1 aromatic carbocycles. The minimum atomic E-state index is 0.585. The number of fused-ring (bicyclic) bond motifs is 1. The maximum atomic E-state index is 9.45. The maximum absolute atomic E-state index is 9.45. The van der Waals surface area contributed by atoms with E-state index in [1.54, 1.807) is 0 Å². The van der Waals surface area contributed by atoms with Crippen LogP contribution in [-0.2, 0) is 0 Å². The van der Waals surface area contributed by atoms with Gasteiger partial charge in [-0.05, 0) is 61.6 Å². The molecule has 0 saturated heterocycles. The van der Waals surface area contributed by atoms with Gasteiger partial charge in [-0.1, -0.05) is 56.4 Å². The van der Waals surface area contributed by atoms with E-state index in [0.29, 0.717) is 5.92 Å². The standard InChI is InChI=1S/C22H27N/c1-17-9-5-4-6-12-20-13-8-14-21(16-23)22(20)19(3)15-18(2)11-7-10-17/h6,8,12-14,18H,1,3-5,7,9-11,15H2,2H3/b12-6+. The van der Waals surface area contributed by atoms with E-state index in [0.717, 1.165) is 54.4 Å². The van der Waals surface area contributed by atoms with Gasteiger partial charge in [0.1, 0.15) is 0 Å². The van der Waals surface area contributed by atoms with E-state index in [1.807, 2.05) is 12.1 Å². The van der Waals surface area contributed by atoms with Crippen LogP contribution in [0.15, 0.2) is 43.0 Å². The van der Waals surface area contributed by atoms with Crippen molar-refractivity contribution in [2.75, 3.05) is 0 Å². The fourth-order valence-electron chi connectivity index (χ4n) is 3.33. The molecule has 0 aliphatic heterocycles. The molecule has 0 fully saturated rings. The van der Waals surface area contributed by atoms with Crippen LogP contribution in [0.1, 0.15) is 68.6 Å². The molecular formula is C22H27N. The van der Waals surface area contributed by atoms with Gasteiger partial charge in [0.2, 0.25) is 0 Å². The number of hydrogen-bond acceptors (Lipinski definition) is 1. The first kappa shape index (κ1) is 17.3. The summed E-state index contributed by atoms with van der Waals surface area (Å²) in [6.45, 7) is 10.8. The summed E-state index contributed by atoms with van der Waals surface area (Å²) in [5.41, 5.74) is 5.38. The molecule has 0 amide bonds. The van der Waals surface area contributed by atoms with Crippen molar-refractivity contribution in [3.63, 3.8) is 0 Å². The zero-order chi connectivity index (χ0) is 16.7. The summed E-state index contributed by atoms with van der Waals surface area (Å²) in [7, 11) is 0. The van der Waals surface area contributed by atoms with Crippen molar-refractivity contribution >= 4 is 11.6 Å². The highest BCUT2D eigenvalue weighted by atomic mass is 14.3. The molecule has 0 spiro atoms. The average molecular weight is 305 g/mol. The molecule has 1 aliphatic rings. The fraction of sp³-hybridized carbons (Fsp3) is 0.409. The molecule has 0 aromatic heterocycles. The Morgan fingerprint density at radius 2 is 1.96 bits per heavy atom. The molecule has 0 heterocycles. The van der Waals surface area contributed by atoms with Gasteiger partial charge in [0.15, 0.2) is 0 Å². The molecule has 1 heteroatoms. The zero-order valence-electron chi connectivity index (χ0n) is 14.3. The average Bonchev–Trinajstić information content (AvgIpc) is 2.53. The Balaban J connectivity index is 2.32. The topological polar surface area (TPSA) is 23.8 Å². The minimum Gasteiger partial charge on any atom is -0.192 e. The molecule has 0 N–H and O–H groups in total. The van der Waals surface area contributed by atoms with Crippen molar-refractivity contribution in [3.05, 3.63) is 59.7 Å². The molecule has 1 nitrogen and oxygen atoms in total. The Labute approximate surface area is 141 Å². The van der Waals surface area contributed by atoms with Gasteiger partial charge in [-0.15, -0.1) is 0 Å². The van der Waals surface area contributed by atoms with E-state index in [2.05, 4.69) is 44.4 Å². The van der Waals surface area contributed by atoms with Crippen LogP contribution in [-0.4, -0.2) is 0 Å². The largest absolute Gasteiger partial charge is 0.192 e. The summed E-state index contributed by atoms with van der Waals surface area (Å²) < 4.78 is 0. The number of hydrogen-bond donors (Lipinski definition) is 0. The highest BCUT2D eigenvalue weighted by Crippen LogP contribution is 2.30. The molecular weight excluding hydrogens is 278 g/mol. The monoisotopic (exact) mass is 305 g/mol. The molecule has 0 bridgehead atoms. The first-order valence-electron chi connectivity index (χ1n) is 8.66. The molecule has 0 radical (unpaired) electrons. The zero-order valence-corrected chi connectivity index (χ0v) is 14.3. The molecule has 120 valence electrons. The summed E-state index contributed by atoms with van der Waals surface area (Å²) >= 11 is 0. The number of rotatable bonds is 0. The van der Waals surface area contributed by atoms with Crippen LogP contribution in [0.3, 0.4) is 0 Å². The lowest BCUT2D eigenvalue weighted by Gasteiger charge is -2.17. The molecule has 2 rings (SSSR count). The SMILES string of the molecule is C=C1CCC/C=C/c2cccc(C#N)c2C(=C)CC(C)CCC1. The molecule has 23 heavy (non-hydrogen) atoms. The van der Waals surface area contributed by atoms with Gasteiger partial charge in [-0.2, -0.15) is 5.26 Å². The van der Waals surface area contributed by atoms with Crippen molar-refractivity contribution in [2.45, 2.75) is 51.9 Å². The Morgan fingerprint density at radius 3 is 2.74 bits per heavy atom. The minimum absolute atomic E-state index is 0.585. The van der Waals surface area contributed by atoms with Crippen molar-refractivity contribution in [1.82, 2.24) is 0 Å². The lowest BCUT2D eigenvalue weighted by Crippen LogP contribution is -2.00. The lowest BCUT2D eigenvalue weighted by atomic mass is 9.87. The summed E-state index contributed by atoms with van der Waals surface area (Å²) in [5, 5.41) is 9.45. The van der Waals surface area contributed by atoms with Crippen molar-refractivity contribution < 1.29 is 0 Å². The van der Waals surface area contributed by atoms with Crippen LogP contribution in [0.2, 0.25) is 0 Å². The highest BCUT2D eigenvalue weighted by molar-refractivity contribution is 5.77. The predicted molar refractivity (Wildman–Crippen MR) is 99.8 cm³/mol. The quantitative estimate of drug-likeness (QED) is 0.500. The predicted octanol–water partition coefficient (Wildman–Crippen LogP) is 6.52. The Hall–Kier alpha value is -2.07. The number of nitriles is 1. The van der Waals surface area contributed by atoms with Crippen LogP contribution in [0.5, 0.6) is 0 Å². The normalized spacial score (nSPS) is 21.8. The van der Waals surface area contributed by atoms with Crippen molar-refractivity contribution in [2.24, 2.45) is 5.92 Å². The highest BCUT2D eigenvalue weighted by Gasteiger charge is 2.13. The van der Waals surface area contributed by atoms with Crippen molar-refractivity contribution in [1.29, 1.82) is 5.26 Å². The third-order valence-corrected chi connectivity index (χ3v) is 4.59. The molecule has 1 aliphatic carbocycles. The van der Waals surface area contributed by atoms with Gasteiger partial charge in [0.05, 0.1) is 11.6 Å². The van der Waals surface area contributed by atoms with E-state index in [1.165, 1.54) is 18.4 Å². The number of benzene rings is 1. The van der Waals surface area contributed by atoms with Gasteiger partial charge >= 0.3 is 0 Å². The third kappa shape index (κ3) is 4.96. The van der Waals surface area contributed by atoms with Gasteiger partial charge in [0.25, 0.3) is 0 Å². The van der Waals surface area contributed by atoms with Crippen LogP contribution < -0.4 is 0 Å². The van der Waals surface area contributed by atoms with E-state index in [4.69, 9.17) is 0 Å². The van der Waals surface area contributed by atoms with Crippen LogP contribution in [0.25, 0.3) is 11.6 Å². The van der Waals surface area contributed by atoms with Crippen LogP contribution in [0.4, 0.5) is 0 Å². The second kappa shape index (κ2) is 8.53. The van der Waals surface area contributed by atoms with Gasteiger partial charge in [-0.3, -0.25) is 0 Å². The fourth-order valence-corrected chi connectivity index (χ4v) is 3.33. The van der Waals surface area contributed by atoms with E-state index < -0.39 is 0 Å². The second-order valence-corrected chi connectivity index (χ2v) is 6.73. The van der Waals surface area contributed by atoms with E-state index >= 15 is 0 Å². The number of nitrogens with zero attached hydrogens (tertiary/aromatic N) is 1.